The summed E-state index contributed by atoms with van der Waals surface area (Å²) >= 11 is 0. The van der Waals surface area contributed by atoms with E-state index < -0.39 is 12.0 Å². The molecule has 126 valence electrons. The van der Waals surface area contributed by atoms with Gasteiger partial charge in [-0.25, -0.2) is 4.98 Å². The monoisotopic (exact) mass is 330 g/mol. The number of ether oxygens (including phenoxy) is 1. The molecule has 7 heteroatoms. The van der Waals surface area contributed by atoms with Gasteiger partial charge in [0.05, 0.1) is 12.5 Å². The molecule has 0 bridgehead atoms. The summed E-state index contributed by atoms with van der Waals surface area (Å²) < 4.78 is 10.7. The second-order valence-electron chi connectivity index (χ2n) is 5.71. The summed E-state index contributed by atoms with van der Waals surface area (Å²) in [7, 11) is 1.56. The Morgan fingerprint density at radius 1 is 1.38 bits per heavy atom. The second kappa shape index (κ2) is 6.84. The van der Waals surface area contributed by atoms with Gasteiger partial charge in [0.15, 0.2) is 5.69 Å². The highest BCUT2D eigenvalue weighted by atomic mass is 16.5. The minimum absolute atomic E-state index is 0.116. The maximum Gasteiger partial charge on any atom is 0.305 e. The molecule has 1 amide bonds. The molecule has 3 rings (SSSR count). The van der Waals surface area contributed by atoms with E-state index >= 15 is 0 Å². The number of oxazole rings is 1. The van der Waals surface area contributed by atoms with Crippen LogP contribution in [0.1, 0.15) is 23.3 Å². The number of benzene rings is 1. The fraction of sp³-hybridized carbons (Fsp3) is 0.353. The van der Waals surface area contributed by atoms with Crippen LogP contribution in [0.15, 0.2) is 41.0 Å². The topological polar surface area (TPSA) is 92.9 Å². The van der Waals surface area contributed by atoms with Crippen molar-refractivity contribution < 1.29 is 23.8 Å². The Bertz CT molecular complexity index is 728. The van der Waals surface area contributed by atoms with E-state index in [0.29, 0.717) is 18.9 Å². The van der Waals surface area contributed by atoms with Crippen LogP contribution in [-0.2, 0) is 9.53 Å². The van der Waals surface area contributed by atoms with Crippen molar-refractivity contribution in [2.75, 3.05) is 13.7 Å². The van der Waals surface area contributed by atoms with Gasteiger partial charge in [-0.2, -0.15) is 0 Å². The minimum atomic E-state index is -0.945. The zero-order valence-corrected chi connectivity index (χ0v) is 13.2. The Morgan fingerprint density at radius 2 is 2.12 bits per heavy atom. The van der Waals surface area contributed by atoms with Crippen LogP contribution in [0, 0.1) is 0 Å². The standard InChI is InChI=1S/C17H18N2O5/c1-23-13-7-12(8-15(20)21)19(9-13)17(22)14-10-24-16(18-14)11-5-3-2-4-6-11/h2-6,10,12-13H,7-9H2,1H3,(H,20,21). The van der Waals surface area contributed by atoms with E-state index in [1.165, 1.54) is 11.2 Å². The maximum absolute atomic E-state index is 12.7. The lowest BCUT2D eigenvalue weighted by molar-refractivity contribution is -0.138. The van der Waals surface area contributed by atoms with Gasteiger partial charge in [-0.1, -0.05) is 18.2 Å². The number of methoxy groups -OCH3 is 1. The van der Waals surface area contributed by atoms with Crippen molar-refractivity contribution in [1.29, 1.82) is 0 Å². The largest absolute Gasteiger partial charge is 0.481 e. The number of nitrogens with zero attached hydrogens (tertiary/aromatic N) is 2. The van der Waals surface area contributed by atoms with Crippen molar-refractivity contribution in [1.82, 2.24) is 9.88 Å². The summed E-state index contributed by atoms with van der Waals surface area (Å²) in [5.41, 5.74) is 0.941. The van der Waals surface area contributed by atoms with Gasteiger partial charge < -0.3 is 19.2 Å². The lowest BCUT2D eigenvalue weighted by Gasteiger charge is -2.21. The molecule has 2 unspecified atom stereocenters. The predicted molar refractivity (Wildman–Crippen MR) is 84.4 cm³/mol. The lowest BCUT2D eigenvalue weighted by Crippen LogP contribution is -2.37. The van der Waals surface area contributed by atoms with Crippen LogP contribution < -0.4 is 0 Å². The molecule has 24 heavy (non-hydrogen) atoms. The molecule has 2 aromatic rings. The molecule has 1 aliphatic heterocycles. The van der Waals surface area contributed by atoms with Gasteiger partial charge in [0, 0.05) is 25.3 Å². The van der Waals surface area contributed by atoms with E-state index in [2.05, 4.69) is 4.98 Å². The first kappa shape index (κ1) is 16.2. The summed E-state index contributed by atoms with van der Waals surface area (Å²) in [6, 6.07) is 8.86. The Labute approximate surface area is 138 Å². The third-order valence-corrected chi connectivity index (χ3v) is 4.12. The zero-order valence-electron chi connectivity index (χ0n) is 13.2. The molecular weight excluding hydrogens is 312 g/mol. The quantitative estimate of drug-likeness (QED) is 0.902. The van der Waals surface area contributed by atoms with Crippen LogP contribution >= 0.6 is 0 Å². The number of carboxylic acid groups (broad SMARTS) is 1. The fourth-order valence-electron chi connectivity index (χ4n) is 2.92. The first-order valence-corrected chi connectivity index (χ1v) is 7.65. The summed E-state index contributed by atoms with van der Waals surface area (Å²) in [6.07, 6.45) is 1.52. The minimum Gasteiger partial charge on any atom is -0.481 e. The highest BCUT2D eigenvalue weighted by Gasteiger charge is 2.37. The molecule has 1 aromatic heterocycles. The van der Waals surface area contributed by atoms with E-state index in [-0.39, 0.29) is 24.1 Å². The summed E-state index contributed by atoms with van der Waals surface area (Å²) in [6.45, 7) is 0.348. The first-order chi connectivity index (χ1) is 11.6. The maximum atomic E-state index is 12.7. The Balaban J connectivity index is 1.80. The first-order valence-electron chi connectivity index (χ1n) is 7.65. The van der Waals surface area contributed by atoms with Gasteiger partial charge in [0.25, 0.3) is 5.91 Å². The molecule has 7 nitrogen and oxygen atoms in total. The van der Waals surface area contributed by atoms with Crippen LogP contribution in [0.4, 0.5) is 0 Å². The van der Waals surface area contributed by atoms with E-state index in [9.17, 15) is 9.59 Å². The molecule has 0 aliphatic carbocycles. The molecular formula is C17H18N2O5. The predicted octanol–water partition coefficient (Wildman–Crippen LogP) is 2.05. The third-order valence-electron chi connectivity index (χ3n) is 4.12. The average Bonchev–Trinajstić information content (AvgIpc) is 3.21. The van der Waals surface area contributed by atoms with Crippen LogP contribution in [0.2, 0.25) is 0 Å². The van der Waals surface area contributed by atoms with Gasteiger partial charge in [0.1, 0.15) is 6.26 Å². The smallest absolute Gasteiger partial charge is 0.305 e. The highest BCUT2D eigenvalue weighted by molar-refractivity contribution is 5.93. The summed E-state index contributed by atoms with van der Waals surface area (Å²) in [4.78, 5) is 29.5. The van der Waals surface area contributed by atoms with Crippen molar-refractivity contribution in [2.24, 2.45) is 0 Å². The van der Waals surface area contributed by atoms with Crippen molar-refractivity contribution in [2.45, 2.75) is 25.0 Å². The summed E-state index contributed by atoms with van der Waals surface area (Å²) in [5, 5.41) is 9.04. The Morgan fingerprint density at radius 3 is 2.79 bits per heavy atom. The Kier molecular flexibility index (Phi) is 4.61. The SMILES string of the molecule is COC1CC(CC(=O)O)N(C(=O)c2coc(-c3ccccc3)n2)C1. The van der Waals surface area contributed by atoms with E-state index in [0.717, 1.165) is 5.56 Å². The van der Waals surface area contributed by atoms with E-state index in [1.807, 2.05) is 30.3 Å². The molecule has 1 N–H and O–H groups in total. The molecule has 1 aliphatic rings. The van der Waals surface area contributed by atoms with Crippen LogP contribution in [0.25, 0.3) is 11.5 Å². The molecule has 0 radical (unpaired) electrons. The van der Waals surface area contributed by atoms with Gasteiger partial charge in [-0.3, -0.25) is 9.59 Å². The number of carbonyl (C=O) groups excluding carboxylic acids is 1. The molecule has 1 aromatic carbocycles. The molecule has 2 atom stereocenters. The zero-order chi connectivity index (χ0) is 17.1. The number of amides is 1. The van der Waals surface area contributed by atoms with Crippen molar-refractivity contribution >= 4 is 11.9 Å². The molecule has 1 fully saturated rings. The number of aliphatic carboxylic acids is 1. The number of hydrogen-bond acceptors (Lipinski definition) is 5. The normalized spacial score (nSPS) is 20.3. The summed E-state index contributed by atoms with van der Waals surface area (Å²) in [5.74, 6) is -0.928. The fourth-order valence-corrected chi connectivity index (χ4v) is 2.92. The molecule has 1 saturated heterocycles. The van der Waals surface area contributed by atoms with Gasteiger partial charge in [-0.15, -0.1) is 0 Å². The number of likely N-dealkylation sites (tertiary alicyclic amines) is 1. The average molecular weight is 330 g/mol. The van der Waals surface area contributed by atoms with Crippen molar-refractivity contribution in [3.8, 4) is 11.5 Å². The lowest BCUT2D eigenvalue weighted by atomic mass is 10.1. The van der Waals surface area contributed by atoms with E-state index in [4.69, 9.17) is 14.3 Å². The van der Waals surface area contributed by atoms with Crippen molar-refractivity contribution in [3.05, 3.63) is 42.3 Å². The van der Waals surface area contributed by atoms with Gasteiger partial charge in [-0.05, 0) is 18.6 Å². The van der Waals surface area contributed by atoms with Gasteiger partial charge in [0.2, 0.25) is 5.89 Å². The van der Waals surface area contributed by atoms with E-state index in [1.54, 1.807) is 7.11 Å². The molecule has 0 saturated carbocycles. The molecule has 2 heterocycles. The number of carboxylic acids is 1. The van der Waals surface area contributed by atoms with Gasteiger partial charge >= 0.3 is 5.97 Å². The molecule has 0 spiro atoms. The number of hydrogen-bond donors (Lipinski definition) is 1. The number of carbonyl (C=O) groups is 2. The second-order valence-corrected chi connectivity index (χ2v) is 5.71. The van der Waals surface area contributed by atoms with Crippen LogP contribution in [0.5, 0.6) is 0 Å². The Hall–Kier alpha value is -2.67. The van der Waals surface area contributed by atoms with Crippen LogP contribution in [-0.4, -0.2) is 52.7 Å². The van der Waals surface area contributed by atoms with Crippen molar-refractivity contribution in [3.63, 3.8) is 0 Å². The highest BCUT2D eigenvalue weighted by Crippen LogP contribution is 2.26. The van der Waals surface area contributed by atoms with Crippen LogP contribution in [0.3, 0.4) is 0 Å². The third kappa shape index (κ3) is 3.30. The number of rotatable bonds is 5. The number of aromatic nitrogens is 1.